The predicted molar refractivity (Wildman–Crippen MR) is 46.0 cm³/mol. The molecule has 0 fully saturated rings. The average molecular weight is 162 g/mol. The zero-order chi connectivity index (χ0) is 9.14. The number of nitrogens with zero attached hydrogens (tertiary/aromatic N) is 2. The molecular weight excluding hydrogens is 152 g/mol. The summed E-state index contributed by atoms with van der Waals surface area (Å²) in [5.74, 6) is 0. The number of hydrogen-bond acceptors (Lipinski definition) is 4. The van der Waals surface area contributed by atoms with E-state index in [-0.39, 0.29) is 6.04 Å². The van der Waals surface area contributed by atoms with Gasteiger partial charge in [-0.15, -0.1) is 0 Å². The van der Waals surface area contributed by atoms with Crippen LogP contribution >= 0.6 is 0 Å². The maximum atomic E-state index is 8.54. The minimum Gasteiger partial charge on any atom is -0.397 e. The Balaban J connectivity index is 3.19. The molecule has 0 saturated heterocycles. The standard InChI is InChI=1S/C8H10N4/c1-5(10)8-7(11)3-2-6(4-9)12-8/h2-3,5H,10-11H2,1H3. The van der Waals surface area contributed by atoms with E-state index in [0.717, 1.165) is 0 Å². The lowest BCUT2D eigenvalue weighted by Crippen LogP contribution is -2.11. The van der Waals surface area contributed by atoms with Gasteiger partial charge < -0.3 is 11.5 Å². The molecule has 0 bridgehead atoms. The van der Waals surface area contributed by atoms with Crippen molar-refractivity contribution in [2.24, 2.45) is 5.73 Å². The second-order valence-electron chi connectivity index (χ2n) is 2.57. The summed E-state index contributed by atoms with van der Waals surface area (Å²) < 4.78 is 0. The molecule has 0 radical (unpaired) electrons. The van der Waals surface area contributed by atoms with Gasteiger partial charge in [0.2, 0.25) is 0 Å². The molecule has 0 spiro atoms. The Bertz CT molecular complexity index is 324. The molecule has 0 aliphatic heterocycles. The van der Waals surface area contributed by atoms with Crippen molar-refractivity contribution < 1.29 is 0 Å². The molecule has 4 N–H and O–H groups in total. The number of rotatable bonds is 1. The summed E-state index contributed by atoms with van der Waals surface area (Å²) in [5, 5.41) is 8.54. The fraction of sp³-hybridized carbons (Fsp3) is 0.250. The van der Waals surface area contributed by atoms with Crippen LogP contribution < -0.4 is 11.5 Å². The van der Waals surface area contributed by atoms with Gasteiger partial charge in [-0.3, -0.25) is 0 Å². The minimum atomic E-state index is -0.238. The highest BCUT2D eigenvalue weighted by molar-refractivity contribution is 5.46. The summed E-state index contributed by atoms with van der Waals surface area (Å²) in [4.78, 5) is 3.98. The third-order valence-corrected chi connectivity index (χ3v) is 1.50. The molecule has 4 nitrogen and oxygen atoms in total. The van der Waals surface area contributed by atoms with Crippen LogP contribution in [0, 0.1) is 11.3 Å². The number of anilines is 1. The van der Waals surface area contributed by atoms with Crippen LogP contribution in [0.15, 0.2) is 12.1 Å². The van der Waals surface area contributed by atoms with E-state index in [1.54, 1.807) is 19.1 Å². The molecule has 1 unspecified atom stereocenters. The highest BCUT2D eigenvalue weighted by atomic mass is 14.8. The van der Waals surface area contributed by atoms with E-state index in [1.807, 2.05) is 6.07 Å². The largest absolute Gasteiger partial charge is 0.397 e. The Labute approximate surface area is 70.8 Å². The van der Waals surface area contributed by atoms with Gasteiger partial charge in [0.25, 0.3) is 0 Å². The molecule has 4 heteroatoms. The number of hydrogen-bond donors (Lipinski definition) is 2. The first-order valence-corrected chi connectivity index (χ1v) is 3.57. The monoisotopic (exact) mass is 162 g/mol. The fourth-order valence-corrected chi connectivity index (χ4v) is 0.913. The Hall–Kier alpha value is -1.60. The van der Waals surface area contributed by atoms with E-state index in [1.165, 1.54) is 0 Å². The van der Waals surface area contributed by atoms with Crippen LogP contribution in [-0.2, 0) is 0 Å². The molecule has 0 aliphatic rings. The van der Waals surface area contributed by atoms with Crippen LogP contribution in [0.4, 0.5) is 5.69 Å². The molecule has 1 aromatic heterocycles. The van der Waals surface area contributed by atoms with Crippen LogP contribution in [0.25, 0.3) is 0 Å². The number of nitrogens with two attached hydrogens (primary N) is 2. The van der Waals surface area contributed by atoms with Crippen LogP contribution in [0.3, 0.4) is 0 Å². The van der Waals surface area contributed by atoms with Gasteiger partial charge in [0, 0.05) is 6.04 Å². The summed E-state index contributed by atoms with van der Waals surface area (Å²) in [5.41, 5.74) is 12.6. The smallest absolute Gasteiger partial charge is 0.141 e. The molecule has 1 atom stereocenters. The molecule has 62 valence electrons. The van der Waals surface area contributed by atoms with Crippen molar-refractivity contribution in [1.82, 2.24) is 4.98 Å². The summed E-state index contributed by atoms with van der Waals surface area (Å²) >= 11 is 0. The first kappa shape index (κ1) is 8.50. The second kappa shape index (κ2) is 3.20. The first-order chi connectivity index (χ1) is 5.65. The lowest BCUT2D eigenvalue weighted by Gasteiger charge is -2.07. The molecule has 0 aromatic carbocycles. The van der Waals surface area contributed by atoms with Crippen LogP contribution in [0.2, 0.25) is 0 Å². The molecule has 1 aromatic rings. The van der Waals surface area contributed by atoms with E-state index in [2.05, 4.69) is 4.98 Å². The van der Waals surface area contributed by atoms with E-state index < -0.39 is 0 Å². The highest BCUT2D eigenvalue weighted by Crippen LogP contribution is 2.15. The molecule has 1 heterocycles. The summed E-state index contributed by atoms with van der Waals surface area (Å²) in [7, 11) is 0. The summed E-state index contributed by atoms with van der Waals surface area (Å²) in [6.45, 7) is 1.78. The topological polar surface area (TPSA) is 88.7 Å². The summed E-state index contributed by atoms with van der Waals surface area (Å²) in [6, 6.07) is 4.90. The van der Waals surface area contributed by atoms with Crippen molar-refractivity contribution in [2.75, 3.05) is 5.73 Å². The van der Waals surface area contributed by atoms with E-state index in [4.69, 9.17) is 16.7 Å². The van der Waals surface area contributed by atoms with Gasteiger partial charge in [0.05, 0.1) is 11.4 Å². The van der Waals surface area contributed by atoms with Crippen molar-refractivity contribution in [1.29, 1.82) is 5.26 Å². The molecular formula is C8H10N4. The molecule has 0 amide bonds. The number of aromatic nitrogens is 1. The van der Waals surface area contributed by atoms with Crippen LogP contribution in [-0.4, -0.2) is 4.98 Å². The Morgan fingerprint density at radius 3 is 2.75 bits per heavy atom. The van der Waals surface area contributed by atoms with E-state index >= 15 is 0 Å². The van der Waals surface area contributed by atoms with Crippen molar-refractivity contribution in [3.63, 3.8) is 0 Å². The van der Waals surface area contributed by atoms with Gasteiger partial charge in [-0.25, -0.2) is 4.98 Å². The lowest BCUT2D eigenvalue weighted by atomic mass is 10.2. The Morgan fingerprint density at radius 1 is 1.58 bits per heavy atom. The van der Waals surface area contributed by atoms with Gasteiger partial charge in [0.15, 0.2) is 0 Å². The van der Waals surface area contributed by atoms with Crippen LogP contribution in [0.5, 0.6) is 0 Å². The van der Waals surface area contributed by atoms with Gasteiger partial charge in [0.1, 0.15) is 11.8 Å². The SMILES string of the molecule is CC(N)c1nc(C#N)ccc1N. The minimum absolute atomic E-state index is 0.238. The van der Waals surface area contributed by atoms with Gasteiger partial charge >= 0.3 is 0 Å². The van der Waals surface area contributed by atoms with Crippen molar-refractivity contribution in [2.45, 2.75) is 13.0 Å². The summed E-state index contributed by atoms with van der Waals surface area (Å²) in [6.07, 6.45) is 0. The molecule has 0 aliphatic carbocycles. The highest BCUT2D eigenvalue weighted by Gasteiger charge is 2.06. The zero-order valence-electron chi connectivity index (χ0n) is 6.78. The van der Waals surface area contributed by atoms with E-state index in [0.29, 0.717) is 17.1 Å². The predicted octanol–water partition coefficient (Wildman–Crippen LogP) is 0.555. The second-order valence-corrected chi connectivity index (χ2v) is 2.57. The quantitative estimate of drug-likeness (QED) is 0.631. The Morgan fingerprint density at radius 2 is 2.25 bits per heavy atom. The normalized spacial score (nSPS) is 12.1. The Kier molecular flexibility index (Phi) is 2.26. The average Bonchev–Trinajstić information content (AvgIpc) is 2.05. The first-order valence-electron chi connectivity index (χ1n) is 3.57. The van der Waals surface area contributed by atoms with Crippen LogP contribution in [0.1, 0.15) is 24.4 Å². The number of nitriles is 1. The maximum Gasteiger partial charge on any atom is 0.141 e. The maximum absolute atomic E-state index is 8.54. The third-order valence-electron chi connectivity index (χ3n) is 1.50. The number of pyridine rings is 1. The van der Waals surface area contributed by atoms with Crippen molar-refractivity contribution in [3.05, 3.63) is 23.5 Å². The van der Waals surface area contributed by atoms with E-state index in [9.17, 15) is 0 Å². The zero-order valence-corrected chi connectivity index (χ0v) is 6.78. The van der Waals surface area contributed by atoms with Crippen molar-refractivity contribution in [3.8, 4) is 6.07 Å². The fourth-order valence-electron chi connectivity index (χ4n) is 0.913. The third kappa shape index (κ3) is 1.52. The molecule has 12 heavy (non-hydrogen) atoms. The lowest BCUT2D eigenvalue weighted by molar-refractivity contribution is 0.782. The van der Waals surface area contributed by atoms with Crippen molar-refractivity contribution >= 4 is 5.69 Å². The number of nitrogen functional groups attached to an aromatic ring is 1. The van der Waals surface area contributed by atoms with Gasteiger partial charge in [-0.2, -0.15) is 5.26 Å². The van der Waals surface area contributed by atoms with Gasteiger partial charge in [-0.1, -0.05) is 0 Å². The van der Waals surface area contributed by atoms with Gasteiger partial charge in [-0.05, 0) is 19.1 Å². The molecule has 0 saturated carbocycles. The molecule has 1 rings (SSSR count).